The lowest BCUT2D eigenvalue weighted by Gasteiger charge is -2.09. The minimum absolute atomic E-state index is 0.107. The summed E-state index contributed by atoms with van der Waals surface area (Å²) in [6, 6.07) is 18.8. The molecule has 0 atom stereocenters. The highest BCUT2D eigenvalue weighted by Crippen LogP contribution is 2.36. The number of hydrogen-bond donors (Lipinski definition) is 1. The lowest BCUT2D eigenvalue weighted by atomic mass is 10.0. The zero-order valence-electron chi connectivity index (χ0n) is 18.4. The Hall–Kier alpha value is -4.26. The van der Waals surface area contributed by atoms with Crippen molar-refractivity contribution in [1.82, 2.24) is 0 Å². The average Bonchev–Trinajstić information content (AvgIpc) is 2.83. The van der Waals surface area contributed by atoms with Crippen LogP contribution in [-0.2, 0) is 16.0 Å². The number of methoxy groups -OCH3 is 1. The lowest BCUT2D eigenvalue weighted by molar-refractivity contribution is -0.138. The number of nitrogens with zero attached hydrogens (tertiary/aromatic N) is 2. The molecule has 3 aromatic carbocycles. The third-order valence-corrected chi connectivity index (χ3v) is 4.76. The standard InChI is InChI=1S/C26H24N2O5/c1-17(2)26(31)33-14-13-18-9-11-20(12-10-18)27-28-22-15-21(23(29)16-24(22)32-3)25(30)19-7-5-4-6-8-19/h4-12,15-16,29H,1,13-14H2,2-3H3/b28-27+. The third kappa shape index (κ3) is 6.13. The van der Waals surface area contributed by atoms with Gasteiger partial charge in [0.25, 0.3) is 0 Å². The van der Waals surface area contributed by atoms with Gasteiger partial charge in [-0.3, -0.25) is 4.79 Å². The number of phenols is 1. The first-order valence-corrected chi connectivity index (χ1v) is 10.2. The molecule has 0 aromatic heterocycles. The first-order chi connectivity index (χ1) is 15.9. The SMILES string of the molecule is C=C(C)C(=O)OCCc1ccc(/N=N/c2cc(C(=O)c3ccccc3)c(O)cc2OC)cc1. The summed E-state index contributed by atoms with van der Waals surface area (Å²) in [6.07, 6.45) is 0.563. The van der Waals surface area contributed by atoms with Crippen molar-refractivity contribution >= 4 is 23.1 Å². The van der Waals surface area contributed by atoms with E-state index in [0.29, 0.717) is 28.9 Å². The number of azo groups is 1. The number of ketones is 1. The molecule has 0 unspecified atom stereocenters. The molecule has 0 aliphatic rings. The molecule has 33 heavy (non-hydrogen) atoms. The summed E-state index contributed by atoms with van der Waals surface area (Å²) in [5.41, 5.74) is 2.79. The lowest BCUT2D eigenvalue weighted by Crippen LogP contribution is -2.07. The summed E-state index contributed by atoms with van der Waals surface area (Å²) >= 11 is 0. The number of rotatable bonds is 9. The van der Waals surface area contributed by atoms with Crippen molar-refractivity contribution < 1.29 is 24.2 Å². The molecule has 0 bridgehead atoms. The normalized spacial score (nSPS) is 10.7. The van der Waals surface area contributed by atoms with Gasteiger partial charge in [0.1, 0.15) is 17.2 Å². The van der Waals surface area contributed by atoms with Crippen LogP contribution < -0.4 is 4.74 Å². The Morgan fingerprint density at radius 2 is 1.70 bits per heavy atom. The van der Waals surface area contributed by atoms with Gasteiger partial charge in [0.05, 0.1) is 25.0 Å². The van der Waals surface area contributed by atoms with E-state index >= 15 is 0 Å². The van der Waals surface area contributed by atoms with Crippen molar-refractivity contribution in [3.63, 3.8) is 0 Å². The Bertz CT molecular complexity index is 1190. The van der Waals surface area contributed by atoms with Gasteiger partial charge >= 0.3 is 5.97 Å². The summed E-state index contributed by atoms with van der Waals surface area (Å²) in [7, 11) is 1.45. The monoisotopic (exact) mass is 444 g/mol. The Kier molecular flexibility index (Phi) is 7.70. The summed E-state index contributed by atoms with van der Waals surface area (Å²) in [5.74, 6) is -0.648. The van der Waals surface area contributed by atoms with Crippen molar-refractivity contribution in [1.29, 1.82) is 0 Å². The second kappa shape index (κ2) is 10.9. The van der Waals surface area contributed by atoms with Crippen molar-refractivity contribution in [3.8, 4) is 11.5 Å². The van der Waals surface area contributed by atoms with E-state index in [1.54, 1.807) is 43.3 Å². The fourth-order valence-corrected chi connectivity index (χ4v) is 2.95. The molecule has 0 aliphatic carbocycles. The van der Waals surface area contributed by atoms with Crippen LogP contribution in [0.4, 0.5) is 11.4 Å². The molecule has 0 spiro atoms. The summed E-state index contributed by atoms with van der Waals surface area (Å²) in [6.45, 7) is 5.41. The van der Waals surface area contributed by atoms with Crippen molar-refractivity contribution in [2.75, 3.05) is 13.7 Å². The molecular formula is C26H24N2O5. The molecule has 0 fully saturated rings. The maximum atomic E-state index is 12.8. The Morgan fingerprint density at radius 1 is 1.00 bits per heavy atom. The van der Waals surface area contributed by atoms with Crippen LogP contribution in [0.15, 0.2) is 89.1 Å². The van der Waals surface area contributed by atoms with Gasteiger partial charge in [0.15, 0.2) is 5.78 Å². The van der Waals surface area contributed by atoms with Gasteiger partial charge in [0, 0.05) is 23.6 Å². The highest BCUT2D eigenvalue weighted by Gasteiger charge is 2.17. The third-order valence-electron chi connectivity index (χ3n) is 4.76. The van der Waals surface area contributed by atoms with Crippen LogP contribution >= 0.6 is 0 Å². The zero-order chi connectivity index (χ0) is 23.8. The fourth-order valence-electron chi connectivity index (χ4n) is 2.95. The molecule has 0 aliphatic heterocycles. The molecule has 1 N–H and O–H groups in total. The molecule has 0 radical (unpaired) electrons. The first-order valence-electron chi connectivity index (χ1n) is 10.2. The van der Waals surface area contributed by atoms with E-state index in [-0.39, 0.29) is 29.5 Å². The molecule has 0 heterocycles. The summed E-state index contributed by atoms with van der Waals surface area (Å²) in [4.78, 5) is 24.2. The van der Waals surface area contributed by atoms with Gasteiger partial charge in [-0.05, 0) is 30.7 Å². The van der Waals surface area contributed by atoms with Gasteiger partial charge in [-0.2, -0.15) is 5.11 Å². The van der Waals surface area contributed by atoms with Crippen LogP contribution in [0.2, 0.25) is 0 Å². The van der Waals surface area contributed by atoms with Crippen LogP contribution in [0.1, 0.15) is 28.4 Å². The van der Waals surface area contributed by atoms with E-state index in [2.05, 4.69) is 16.8 Å². The maximum absolute atomic E-state index is 12.8. The highest BCUT2D eigenvalue weighted by molar-refractivity contribution is 6.11. The average molecular weight is 444 g/mol. The van der Waals surface area contributed by atoms with E-state index in [1.807, 2.05) is 18.2 Å². The van der Waals surface area contributed by atoms with Crippen molar-refractivity contribution in [3.05, 3.63) is 95.6 Å². The molecule has 3 aromatic rings. The second-order valence-electron chi connectivity index (χ2n) is 7.27. The van der Waals surface area contributed by atoms with Crippen LogP contribution in [-0.4, -0.2) is 30.6 Å². The van der Waals surface area contributed by atoms with Crippen LogP contribution in [0.3, 0.4) is 0 Å². The molecule has 7 nitrogen and oxygen atoms in total. The largest absolute Gasteiger partial charge is 0.507 e. The Morgan fingerprint density at radius 3 is 2.33 bits per heavy atom. The molecule has 168 valence electrons. The number of aromatic hydroxyl groups is 1. The zero-order valence-corrected chi connectivity index (χ0v) is 18.4. The number of carbonyl (C=O) groups is 2. The predicted octanol–water partition coefficient (Wildman–Crippen LogP) is 5.71. The van der Waals surface area contributed by atoms with Gasteiger partial charge in [-0.15, -0.1) is 5.11 Å². The van der Waals surface area contributed by atoms with Crippen molar-refractivity contribution in [2.45, 2.75) is 13.3 Å². The number of esters is 1. The van der Waals surface area contributed by atoms with E-state index in [4.69, 9.17) is 9.47 Å². The quantitative estimate of drug-likeness (QED) is 0.197. The van der Waals surface area contributed by atoms with Gasteiger partial charge < -0.3 is 14.6 Å². The Labute approximate surface area is 192 Å². The number of carbonyl (C=O) groups excluding carboxylic acids is 2. The van der Waals surface area contributed by atoms with Gasteiger partial charge in [-0.1, -0.05) is 49.0 Å². The minimum Gasteiger partial charge on any atom is -0.507 e. The van der Waals surface area contributed by atoms with Gasteiger partial charge in [-0.25, -0.2) is 4.79 Å². The number of phenolic OH excluding ortho intramolecular Hbond substituents is 1. The smallest absolute Gasteiger partial charge is 0.333 e. The molecule has 7 heteroatoms. The molecule has 0 amide bonds. The van der Waals surface area contributed by atoms with Crippen LogP contribution in [0, 0.1) is 0 Å². The maximum Gasteiger partial charge on any atom is 0.333 e. The van der Waals surface area contributed by atoms with E-state index in [1.165, 1.54) is 19.2 Å². The Balaban J connectivity index is 1.75. The number of benzene rings is 3. The number of ether oxygens (including phenoxy) is 2. The van der Waals surface area contributed by atoms with E-state index in [9.17, 15) is 14.7 Å². The van der Waals surface area contributed by atoms with Gasteiger partial charge in [0.2, 0.25) is 0 Å². The first kappa shape index (κ1) is 23.4. The highest BCUT2D eigenvalue weighted by atomic mass is 16.5. The molecule has 0 saturated heterocycles. The molecular weight excluding hydrogens is 420 g/mol. The van der Waals surface area contributed by atoms with Crippen LogP contribution in [0.5, 0.6) is 11.5 Å². The minimum atomic E-state index is -0.409. The topological polar surface area (TPSA) is 97.6 Å². The van der Waals surface area contributed by atoms with E-state index < -0.39 is 5.97 Å². The van der Waals surface area contributed by atoms with Crippen molar-refractivity contribution in [2.24, 2.45) is 10.2 Å². The fraction of sp³-hybridized carbons (Fsp3) is 0.154. The molecule has 3 rings (SSSR count). The summed E-state index contributed by atoms with van der Waals surface area (Å²) < 4.78 is 10.4. The molecule has 0 saturated carbocycles. The second-order valence-corrected chi connectivity index (χ2v) is 7.27. The number of hydrogen-bond acceptors (Lipinski definition) is 7. The van der Waals surface area contributed by atoms with Crippen LogP contribution in [0.25, 0.3) is 0 Å². The van der Waals surface area contributed by atoms with E-state index in [0.717, 1.165) is 5.56 Å². The predicted molar refractivity (Wildman–Crippen MR) is 125 cm³/mol. The summed E-state index contributed by atoms with van der Waals surface area (Å²) in [5, 5.41) is 18.8.